The molecule has 66 valence electrons. The molecular weight excluding hydrogens is 147 g/mol. The number of aromatic nitrogens is 1. The lowest BCUT2D eigenvalue weighted by molar-refractivity contribution is 0.762. The molecule has 1 N–H and O–H groups in total. The zero-order chi connectivity index (χ0) is 9.23. The molecule has 12 heavy (non-hydrogen) atoms. The van der Waals surface area contributed by atoms with Crippen molar-refractivity contribution in [3.63, 3.8) is 0 Å². The Bertz CT molecular complexity index is 175. The maximum atomic E-state index is 3.88. The van der Waals surface area contributed by atoms with Crippen molar-refractivity contribution in [3.05, 3.63) is 24.5 Å². The van der Waals surface area contributed by atoms with Gasteiger partial charge in [-0.1, -0.05) is 25.4 Å². The SMILES string of the molecule is Bc1cccnc1.CCNCC. The van der Waals surface area contributed by atoms with Crippen LogP contribution in [-0.2, 0) is 0 Å². The maximum Gasteiger partial charge on any atom is 0.141 e. The van der Waals surface area contributed by atoms with Crippen molar-refractivity contribution in [3.8, 4) is 0 Å². The second-order valence-electron chi connectivity index (χ2n) is 2.49. The third kappa shape index (κ3) is 7.28. The number of hydrogen-bond donors (Lipinski definition) is 1. The fourth-order valence-electron chi connectivity index (χ4n) is 0.698. The van der Waals surface area contributed by atoms with Gasteiger partial charge in [0.05, 0.1) is 0 Å². The van der Waals surface area contributed by atoms with E-state index in [1.165, 1.54) is 5.46 Å². The summed E-state index contributed by atoms with van der Waals surface area (Å²) in [7, 11) is 2.02. The minimum Gasteiger partial charge on any atom is -0.317 e. The van der Waals surface area contributed by atoms with Crippen molar-refractivity contribution in [1.29, 1.82) is 0 Å². The van der Waals surface area contributed by atoms with E-state index in [0.717, 1.165) is 13.1 Å². The standard InChI is InChI=1S/C5H6BN.C4H11N/c6-5-2-1-3-7-4-5;1-3-5-4-2/h1-4H,6H2;5H,3-4H2,1-2H3. The van der Waals surface area contributed by atoms with E-state index in [2.05, 4.69) is 24.1 Å². The second-order valence-corrected chi connectivity index (χ2v) is 2.49. The van der Waals surface area contributed by atoms with Gasteiger partial charge in [-0.3, -0.25) is 4.98 Å². The normalized spacial score (nSPS) is 8.50. The highest BCUT2D eigenvalue weighted by Crippen LogP contribution is 1.70. The van der Waals surface area contributed by atoms with Gasteiger partial charge in [-0.2, -0.15) is 0 Å². The van der Waals surface area contributed by atoms with Gasteiger partial charge in [0.25, 0.3) is 0 Å². The molecule has 0 fully saturated rings. The molecule has 1 aromatic heterocycles. The highest BCUT2D eigenvalue weighted by atomic mass is 14.8. The molecule has 0 aliphatic heterocycles. The zero-order valence-corrected chi connectivity index (χ0v) is 8.17. The topological polar surface area (TPSA) is 24.9 Å². The molecule has 0 saturated carbocycles. The van der Waals surface area contributed by atoms with Gasteiger partial charge in [-0.05, 0) is 19.2 Å². The monoisotopic (exact) mass is 164 g/mol. The molecule has 0 radical (unpaired) electrons. The summed E-state index contributed by atoms with van der Waals surface area (Å²) >= 11 is 0. The highest BCUT2D eigenvalue weighted by Gasteiger charge is 1.73. The van der Waals surface area contributed by atoms with E-state index in [0.29, 0.717) is 0 Å². The number of rotatable bonds is 2. The molecule has 0 aliphatic carbocycles. The van der Waals surface area contributed by atoms with Crippen LogP contribution in [0, 0.1) is 0 Å². The van der Waals surface area contributed by atoms with Crippen LogP contribution < -0.4 is 10.8 Å². The fourth-order valence-corrected chi connectivity index (χ4v) is 0.698. The predicted molar refractivity (Wildman–Crippen MR) is 56.6 cm³/mol. The Kier molecular flexibility index (Phi) is 7.70. The lowest BCUT2D eigenvalue weighted by atomic mass is 10.00. The van der Waals surface area contributed by atoms with Gasteiger partial charge in [0.2, 0.25) is 0 Å². The third-order valence-corrected chi connectivity index (χ3v) is 1.31. The molecule has 0 amide bonds. The molecule has 3 heteroatoms. The van der Waals surface area contributed by atoms with Crippen molar-refractivity contribution >= 4 is 13.3 Å². The van der Waals surface area contributed by atoms with Crippen LogP contribution in [0.15, 0.2) is 24.5 Å². The summed E-state index contributed by atoms with van der Waals surface area (Å²) in [6.07, 6.45) is 3.60. The van der Waals surface area contributed by atoms with Crippen LogP contribution in [-0.4, -0.2) is 25.9 Å². The van der Waals surface area contributed by atoms with Crippen LogP contribution in [0.1, 0.15) is 13.8 Å². The molecule has 0 atom stereocenters. The summed E-state index contributed by atoms with van der Waals surface area (Å²) in [6, 6.07) is 3.95. The fraction of sp³-hybridized carbons (Fsp3) is 0.444. The molecule has 1 heterocycles. The average Bonchev–Trinajstić information content (AvgIpc) is 2.08. The summed E-state index contributed by atoms with van der Waals surface area (Å²) in [5, 5.41) is 3.11. The van der Waals surface area contributed by atoms with Crippen molar-refractivity contribution in [1.82, 2.24) is 10.3 Å². The molecule has 0 aromatic carbocycles. The van der Waals surface area contributed by atoms with E-state index >= 15 is 0 Å². The molecule has 0 bridgehead atoms. The Hall–Kier alpha value is -0.825. The Labute approximate surface area is 75.8 Å². The first kappa shape index (κ1) is 11.2. The Morgan fingerprint density at radius 3 is 2.25 bits per heavy atom. The smallest absolute Gasteiger partial charge is 0.141 e. The van der Waals surface area contributed by atoms with Gasteiger partial charge < -0.3 is 5.32 Å². The minimum atomic E-state index is 1.09. The van der Waals surface area contributed by atoms with E-state index in [9.17, 15) is 0 Å². The minimum absolute atomic E-state index is 1.09. The predicted octanol–water partition coefficient (Wildman–Crippen LogP) is -0.0442. The molecule has 0 spiro atoms. The quantitative estimate of drug-likeness (QED) is 0.620. The van der Waals surface area contributed by atoms with Gasteiger partial charge in [0, 0.05) is 12.4 Å². The number of nitrogens with zero attached hydrogens (tertiary/aromatic N) is 1. The van der Waals surface area contributed by atoms with E-state index < -0.39 is 0 Å². The number of hydrogen-bond acceptors (Lipinski definition) is 2. The van der Waals surface area contributed by atoms with Crippen molar-refractivity contribution < 1.29 is 0 Å². The van der Waals surface area contributed by atoms with E-state index in [-0.39, 0.29) is 0 Å². The van der Waals surface area contributed by atoms with Gasteiger partial charge in [-0.15, -0.1) is 0 Å². The van der Waals surface area contributed by atoms with Gasteiger partial charge in [0.1, 0.15) is 7.85 Å². The average molecular weight is 164 g/mol. The first-order chi connectivity index (χ1) is 5.81. The molecule has 1 aromatic rings. The van der Waals surface area contributed by atoms with E-state index in [4.69, 9.17) is 0 Å². The van der Waals surface area contributed by atoms with Crippen LogP contribution in [0.4, 0.5) is 0 Å². The van der Waals surface area contributed by atoms with Crippen LogP contribution in [0.3, 0.4) is 0 Å². The first-order valence-corrected chi connectivity index (χ1v) is 4.38. The van der Waals surface area contributed by atoms with Gasteiger partial charge in [-0.25, -0.2) is 0 Å². The van der Waals surface area contributed by atoms with Crippen molar-refractivity contribution in [2.24, 2.45) is 0 Å². The zero-order valence-electron chi connectivity index (χ0n) is 8.17. The molecular formula is C9H17BN2. The Morgan fingerprint density at radius 2 is 2.08 bits per heavy atom. The molecule has 0 unspecified atom stereocenters. The largest absolute Gasteiger partial charge is 0.317 e. The summed E-state index contributed by atoms with van der Waals surface area (Å²) in [6.45, 7) is 6.39. The van der Waals surface area contributed by atoms with Crippen LogP contribution in [0.25, 0.3) is 0 Å². The maximum absolute atomic E-state index is 3.88. The number of pyridine rings is 1. The van der Waals surface area contributed by atoms with Crippen LogP contribution in [0.5, 0.6) is 0 Å². The van der Waals surface area contributed by atoms with Gasteiger partial charge >= 0.3 is 0 Å². The molecule has 2 nitrogen and oxygen atoms in total. The first-order valence-electron chi connectivity index (χ1n) is 4.38. The molecule has 1 rings (SSSR count). The summed E-state index contributed by atoms with van der Waals surface area (Å²) in [5.41, 5.74) is 1.21. The van der Waals surface area contributed by atoms with E-state index in [1.807, 2.05) is 26.2 Å². The molecule has 0 saturated heterocycles. The van der Waals surface area contributed by atoms with Crippen LogP contribution in [0.2, 0.25) is 0 Å². The second kappa shape index (κ2) is 8.27. The summed E-state index contributed by atoms with van der Waals surface area (Å²) in [5.74, 6) is 0. The number of nitrogens with one attached hydrogen (secondary N) is 1. The Balaban J connectivity index is 0.000000217. The highest BCUT2D eigenvalue weighted by molar-refractivity contribution is 6.31. The lowest BCUT2D eigenvalue weighted by Crippen LogP contribution is -2.09. The van der Waals surface area contributed by atoms with E-state index in [1.54, 1.807) is 6.20 Å². The summed E-state index contributed by atoms with van der Waals surface area (Å²) in [4.78, 5) is 3.88. The van der Waals surface area contributed by atoms with Crippen molar-refractivity contribution in [2.75, 3.05) is 13.1 Å². The molecule has 0 aliphatic rings. The van der Waals surface area contributed by atoms with Gasteiger partial charge in [0.15, 0.2) is 0 Å². The van der Waals surface area contributed by atoms with Crippen LogP contribution >= 0.6 is 0 Å². The lowest BCUT2D eigenvalue weighted by Gasteiger charge is -1.86. The Morgan fingerprint density at radius 1 is 1.42 bits per heavy atom. The third-order valence-electron chi connectivity index (χ3n) is 1.31. The van der Waals surface area contributed by atoms with Crippen molar-refractivity contribution in [2.45, 2.75) is 13.8 Å². The summed E-state index contributed by atoms with van der Waals surface area (Å²) < 4.78 is 0.